The lowest BCUT2D eigenvalue weighted by molar-refractivity contribution is -0.208. The topological polar surface area (TPSA) is 80.3 Å². The second-order valence-electron chi connectivity index (χ2n) is 8.09. The number of rotatable bonds is 3. The van der Waals surface area contributed by atoms with E-state index in [1.54, 1.807) is 0 Å². The maximum atomic E-state index is 11.6. The van der Waals surface area contributed by atoms with Crippen LogP contribution in [0.25, 0.3) is 0 Å². The molecule has 4 rings (SSSR count). The number of hydrogen-bond acceptors (Lipinski definition) is 6. The van der Waals surface area contributed by atoms with E-state index in [9.17, 15) is 9.90 Å². The van der Waals surface area contributed by atoms with Crippen molar-refractivity contribution >= 4 is 5.91 Å². The minimum Gasteiger partial charge on any atom is -0.454 e. The zero-order chi connectivity index (χ0) is 19.1. The number of benzene rings is 1. The Morgan fingerprint density at radius 2 is 2.07 bits per heavy atom. The number of aliphatic hydroxyl groups is 1. The first-order valence-corrected chi connectivity index (χ1v) is 9.62. The molecule has 2 atom stereocenters. The third-order valence-electron chi connectivity index (χ3n) is 6.15. The van der Waals surface area contributed by atoms with Crippen LogP contribution in [0.2, 0.25) is 0 Å². The molecule has 1 amide bonds. The van der Waals surface area contributed by atoms with Gasteiger partial charge in [0.15, 0.2) is 11.5 Å². The molecule has 3 aliphatic heterocycles. The van der Waals surface area contributed by atoms with Crippen LogP contribution in [0.4, 0.5) is 0 Å². The quantitative estimate of drug-likeness (QED) is 0.831. The zero-order valence-electron chi connectivity index (χ0n) is 16.0. The van der Waals surface area contributed by atoms with Gasteiger partial charge in [0.05, 0.1) is 11.1 Å². The summed E-state index contributed by atoms with van der Waals surface area (Å²) in [5.74, 6) is 1.52. The molecule has 0 aromatic heterocycles. The minimum atomic E-state index is -0.720. The van der Waals surface area contributed by atoms with Gasteiger partial charge in [0.25, 0.3) is 0 Å². The number of nitrogens with one attached hydrogen (secondary N) is 1. The Hall–Kier alpha value is -1.83. The summed E-state index contributed by atoms with van der Waals surface area (Å²) in [7, 11) is 0. The SMILES string of the molecule is CC(=O)N[C@@]1(C)CCOC2(CCN(Cc3cccc4c3OCO4)CC2)[C@@H]1O. The Morgan fingerprint density at radius 1 is 1.30 bits per heavy atom. The molecular formula is C20H28N2O5. The maximum Gasteiger partial charge on any atom is 0.231 e. The van der Waals surface area contributed by atoms with E-state index >= 15 is 0 Å². The van der Waals surface area contributed by atoms with Crippen molar-refractivity contribution in [2.24, 2.45) is 0 Å². The number of hydrogen-bond donors (Lipinski definition) is 2. The molecule has 1 aromatic rings. The maximum absolute atomic E-state index is 11.6. The monoisotopic (exact) mass is 376 g/mol. The highest BCUT2D eigenvalue weighted by molar-refractivity contribution is 5.74. The number of aliphatic hydroxyl groups excluding tert-OH is 1. The largest absolute Gasteiger partial charge is 0.454 e. The second-order valence-corrected chi connectivity index (χ2v) is 8.09. The van der Waals surface area contributed by atoms with Gasteiger partial charge in [-0.15, -0.1) is 0 Å². The molecule has 3 heterocycles. The molecule has 148 valence electrons. The fourth-order valence-corrected chi connectivity index (χ4v) is 4.66. The first-order valence-electron chi connectivity index (χ1n) is 9.62. The molecule has 0 unspecified atom stereocenters. The summed E-state index contributed by atoms with van der Waals surface area (Å²) < 4.78 is 17.2. The standard InChI is InChI=1S/C20H28N2O5/c1-14(23)21-19(2)8-11-27-20(18(19)24)6-9-22(10-7-20)12-15-4-3-5-16-17(15)26-13-25-16/h3-5,18,24H,6-13H2,1-2H3,(H,21,23)/t18-,19+/m1/s1. The third-order valence-corrected chi connectivity index (χ3v) is 6.15. The predicted molar refractivity (Wildman–Crippen MR) is 98.6 cm³/mol. The zero-order valence-corrected chi connectivity index (χ0v) is 16.0. The van der Waals surface area contributed by atoms with Gasteiger partial charge in [-0.05, 0) is 32.3 Å². The van der Waals surface area contributed by atoms with Gasteiger partial charge >= 0.3 is 0 Å². The van der Waals surface area contributed by atoms with Gasteiger partial charge in [-0.1, -0.05) is 12.1 Å². The molecule has 2 N–H and O–H groups in total. The van der Waals surface area contributed by atoms with Crippen molar-refractivity contribution in [1.29, 1.82) is 0 Å². The molecule has 0 aliphatic carbocycles. The lowest BCUT2D eigenvalue weighted by Crippen LogP contribution is -2.69. The molecule has 3 aliphatic rings. The Balaban J connectivity index is 1.42. The Kier molecular flexibility index (Phi) is 4.78. The van der Waals surface area contributed by atoms with E-state index in [4.69, 9.17) is 14.2 Å². The molecule has 0 bridgehead atoms. The minimum absolute atomic E-state index is 0.119. The summed E-state index contributed by atoms with van der Waals surface area (Å²) >= 11 is 0. The first-order chi connectivity index (χ1) is 12.9. The van der Waals surface area contributed by atoms with Crippen molar-refractivity contribution in [2.45, 2.75) is 56.9 Å². The number of carbonyl (C=O) groups excluding carboxylic acids is 1. The summed E-state index contributed by atoms with van der Waals surface area (Å²) in [5.41, 5.74) is -0.115. The van der Waals surface area contributed by atoms with Crippen molar-refractivity contribution in [3.05, 3.63) is 23.8 Å². The summed E-state index contributed by atoms with van der Waals surface area (Å²) in [6.07, 6.45) is 1.36. The normalized spacial score (nSPS) is 29.7. The van der Waals surface area contributed by atoms with Crippen LogP contribution in [-0.4, -0.2) is 59.6 Å². The van der Waals surface area contributed by atoms with E-state index in [1.165, 1.54) is 6.92 Å². The van der Waals surface area contributed by atoms with Crippen LogP contribution in [0.1, 0.15) is 38.7 Å². The Morgan fingerprint density at radius 3 is 2.81 bits per heavy atom. The third kappa shape index (κ3) is 3.39. The van der Waals surface area contributed by atoms with Crippen molar-refractivity contribution in [3.8, 4) is 11.5 Å². The van der Waals surface area contributed by atoms with Crippen LogP contribution in [0.3, 0.4) is 0 Å². The van der Waals surface area contributed by atoms with Crippen LogP contribution >= 0.6 is 0 Å². The van der Waals surface area contributed by atoms with Crippen molar-refractivity contribution < 1.29 is 24.1 Å². The fourth-order valence-electron chi connectivity index (χ4n) is 4.66. The number of fused-ring (bicyclic) bond motifs is 1. The number of amides is 1. The molecular weight excluding hydrogens is 348 g/mol. The Labute approximate surface area is 159 Å². The number of nitrogens with zero attached hydrogens (tertiary/aromatic N) is 1. The number of ether oxygens (including phenoxy) is 3. The van der Waals surface area contributed by atoms with Crippen LogP contribution < -0.4 is 14.8 Å². The van der Waals surface area contributed by atoms with Crippen LogP contribution in [-0.2, 0) is 16.1 Å². The predicted octanol–water partition coefficient (Wildman–Crippen LogP) is 1.43. The lowest BCUT2D eigenvalue weighted by atomic mass is 9.73. The van der Waals surface area contributed by atoms with E-state index < -0.39 is 17.2 Å². The van der Waals surface area contributed by atoms with Crippen LogP contribution in [0, 0.1) is 0 Å². The molecule has 0 radical (unpaired) electrons. The van der Waals surface area contributed by atoms with Gasteiger partial charge in [-0.25, -0.2) is 0 Å². The van der Waals surface area contributed by atoms with E-state index in [2.05, 4.69) is 16.3 Å². The van der Waals surface area contributed by atoms with Gasteiger partial charge in [0.1, 0.15) is 6.10 Å². The Bertz CT molecular complexity index is 716. The van der Waals surface area contributed by atoms with Gasteiger partial charge in [0, 0.05) is 38.7 Å². The molecule has 7 heteroatoms. The average Bonchev–Trinajstić information content (AvgIpc) is 3.11. The van der Waals surface area contributed by atoms with Crippen LogP contribution in [0.15, 0.2) is 18.2 Å². The average molecular weight is 376 g/mol. The van der Waals surface area contributed by atoms with E-state index in [1.807, 2.05) is 19.1 Å². The number of carbonyl (C=O) groups is 1. The first kappa shape index (κ1) is 18.5. The van der Waals surface area contributed by atoms with Gasteiger partial charge < -0.3 is 24.6 Å². The lowest BCUT2D eigenvalue weighted by Gasteiger charge is -2.53. The summed E-state index contributed by atoms with van der Waals surface area (Å²) in [6, 6.07) is 5.98. The molecule has 2 saturated heterocycles. The van der Waals surface area contributed by atoms with Gasteiger partial charge in [-0.3, -0.25) is 9.69 Å². The van der Waals surface area contributed by atoms with Crippen molar-refractivity contribution in [1.82, 2.24) is 10.2 Å². The summed E-state index contributed by atoms with van der Waals surface area (Å²) in [5, 5.41) is 14.0. The summed E-state index contributed by atoms with van der Waals surface area (Å²) in [4.78, 5) is 13.9. The van der Waals surface area contributed by atoms with Crippen molar-refractivity contribution in [2.75, 3.05) is 26.5 Å². The number of likely N-dealkylation sites (tertiary alicyclic amines) is 1. The highest BCUT2D eigenvalue weighted by atomic mass is 16.7. The van der Waals surface area contributed by atoms with Crippen LogP contribution in [0.5, 0.6) is 11.5 Å². The molecule has 27 heavy (non-hydrogen) atoms. The molecule has 2 fully saturated rings. The summed E-state index contributed by atoms with van der Waals surface area (Å²) in [6.45, 7) is 6.65. The van der Waals surface area contributed by atoms with E-state index in [-0.39, 0.29) is 12.7 Å². The highest BCUT2D eigenvalue weighted by Gasteiger charge is 2.53. The molecule has 0 saturated carbocycles. The molecule has 1 spiro atoms. The van der Waals surface area contributed by atoms with E-state index in [0.29, 0.717) is 13.0 Å². The number of para-hydroxylation sites is 1. The van der Waals surface area contributed by atoms with E-state index in [0.717, 1.165) is 49.5 Å². The van der Waals surface area contributed by atoms with Gasteiger partial charge in [-0.2, -0.15) is 0 Å². The fraction of sp³-hybridized carbons (Fsp3) is 0.650. The molecule has 7 nitrogen and oxygen atoms in total. The van der Waals surface area contributed by atoms with Gasteiger partial charge in [0.2, 0.25) is 12.7 Å². The van der Waals surface area contributed by atoms with Crippen molar-refractivity contribution in [3.63, 3.8) is 0 Å². The second kappa shape index (κ2) is 6.96. The highest BCUT2D eigenvalue weighted by Crippen LogP contribution is 2.41. The smallest absolute Gasteiger partial charge is 0.231 e. The molecule has 1 aromatic carbocycles. The number of piperidine rings is 1.